The van der Waals surface area contributed by atoms with E-state index in [0.29, 0.717) is 58.7 Å². The van der Waals surface area contributed by atoms with Crippen LogP contribution in [0.5, 0.6) is 0 Å². The van der Waals surface area contributed by atoms with E-state index in [0.717, 1.165) is 67.1 Å². The number of aromatic nitrogens is 7. The number of aryl methyl sites for hydroxylation is 6. The van der Waals surface area contributed by atoms with Gasteiger partial charge in [-0.15, -0.1) is 0 Å². The molecule has 0 aromatic carbocycles. The first-order valence-electron chi connectivity index (χ1n) is 26.7. The van der Waals surface area contributed by atoms with E-state index >= 15 is 0 Å². The van der Waals surface area contributed by atoms with Gasteiger partial charge < -0.3 is 64.1 Å². The van der Waals surface area contributed by atoms with Gasteiger partial charge in [0, 0.05) is 102 Å². The van der Waals surface area contributed by atoms with E-state index < -0.39 is 35.9 Å². The van der Waals surface area contributed by atoms with Crippen molar-refractivity contribution in [1.82, 2.24) is 34.9 Å². The number of aliphatic carboxylic acids is 1. The molecule has 0 aliphatic rings. The highest BCUT2D eigenvalue weighted by Crippen LogP contribution is 2.38. The number of nitrogens with one attached hydrogen (secondary N) is 7. The molecule has 0 unspecified atom stereocenters. The van der Waals surface area contributed by atoms with Crippen LogP contribution in [-0.2, 0) is 72.3 Å². The first-order valence-corrected chi connectivity index (χ1v) is 32.2. The van der Waals surface area contributed by atoms with E-state index in [1.807, 2.05) is 56.1 Å². The highest BCUT2D eigenvalue weighted by atomic mass is 32.2. The summed E-state index contributed by atoms with van der Waals surface area (Å²) < 4.78 is 44.9. The third kappa shape index (κ3) is 30.6. The Morgan fingerprint density at radius 2 is 1.12 bits per heavy atom. The third-order valence-electron chi connectivity index (χ3n) is 12.3. The largest absolute Gasteiger partial charge is 0.748 e. The lowest BCUT2D eigenvalue weighted by atomic mass is 10.2. The fourth-order valence-corrected chi connectivity index (χ4v) is 9.26. The van der Waals surface area contributed by atoms with Crippen LogP contribution in [-0.4, -0.2) is 124 Å². The second-order valence-corrected chi connectivity index (χ2v) is 27.4. The molecule has 0 aliphatic heterocycles. The van der Waals surface area contributed by atoms with Crippen molar-refractivity contribution >= 4 is 72.4 Å². The van der Waals surface area contributed by atoms with Gasteiger partial charge in [0.2, 0.25) is 0 Å². The summed E-state index contributed by atoms with van der Waals surface area (Å²) in [5.41, 5.74) is 9.45. The van der Waals surface area contributed by atoms with Crippen molar-refractivity contribution in [3.63, 3.8) is 0 Å². The fourth-order valence-electron chi connectivity index (χ4n) is 6.85. The van der Waals surface area contributed by atoms with Gasteiger partial charge in [0.15, 0.2) is 24.3 Å². The maximum Gasteiger partial charge on any atom is 0.354 e. The Bertz CT molecular complexity index is 3070. The van der Waals surface area contributed by atoms with E-state index in [1.165, 1.54) is 50.5 Å². The van der Waals surface area contributed by atoms with Crippen LogP contribution >= 0.6 is 12.0 Å². The van der Waals surface area contributed by atoms with Crippen molar-refractivity contribution in [2.24, 2.45) is 0 Å². The van der Waals surface area contributed by atoms with Crippen molar-refractivity contribution in [2.45, 2.75) is 124 Å². The molecule has 0 saturated heterocycles. The van der Waals surface area contributed by atoms with Crippen LogP contribution in [0.3, 0.4) is 0 Å². The minimum Gasteiger partial charge on any atom is -0.748 e. The Morgan fingerprint density at radius 3 is 1.60 bits per heavy atom. The smallest absolute Gasteiger partial charge is 0.354 e. The van der Waals surface area contributed by atoms with Crippen LogP contribution in [0, 0.1) is 0 Å². The number of hydrogen-bond donors (Lipinski definition) is 7. The number of methoxy groups -OCH3 is 2. The molecule has 0 saturated carbocycles. The molecule has 0 aliphatic carbocycles. The maximum atomic E-state index is 12.6. The zero-order valence-corrected chi connectivity index (χ0v) is 51.9. The summed E-state index contributed by atoms with van der Waals surface area (Å²) >= 11 is 0.923. The number of carbonyl (C=O) groups is 7. The summed E-state index contributed by atoms with van der Waals surface area (Å²) in [5.74, 6) is -1.71. The van der Waals surface area contributed by atoms with Gasteiger partial charge in [0.1, 0.15) is 19.5 Å². The predicted molar refractivity (Wildman–Crippen MR) is 318 cm³/mol. The average Bonchev–Trinajstić information content (AvgIpc) is 4.38. The van der Waals surface area contributed by atoms with Crippen molar-refractivity contribution in [2.75, 3.05) is 25.7 Å². The van der Waals surface area contributed by atoms with Crippen molar-refractivity contribution in [3.05, 3.63) is 166 Å². The first-order chi connectivity index (χ1) is 39.8. The van der Waals surface area contributed by atoms with Gasteiger partial charge in [0.25, 0.3) is 0 Å². The molecule has 0 fully saturated rings. The number of hydrogen-bond acceptors (Lipinski definition) is 17. The minimum absolute atomic E-state index is 0.00182. The lowest BCUT2D eigenvalue weighted by Gasteiger charge is -2.34. The van der Waals surface area contributed by atoms with Gasteiger partial charge in [-0.05, 0) is 120 Å². The first kappa shape index (κ1) is 74.4. The highest BCUT2D eigenvalue weighted by molar-refractivity contribution is 7.94. The average molecular weight is 1220 g/mol. The molecule has 0 spiro atoms. The minimum atomic E-state index is -4.23. The lowest BCUT2D eigenvalue weighted by molar-refractivity contribution is -0.777. The van der Waals surface area contributed by atoms with Crippen LogP contribution < -0.4 is 10.4 Å². The number of carboxylic acid groups (broad SMARTS) is 1. The van der Waals surface area contributed by atoms with E-state index in [1.54, 1.807) is 36.9 Å². The van der Waals surface area contributed by atoms with Gasteiger partial charge in [-0.1, -0.05) is 73.9 Å². The predicted octanol–water partition coefficient (Wildman–Crippen LogP) is 8.39. The molecule has 0 bridgehead atoms. The number of esters is 2. The summed E-state index contributed by atoms with van der Waals surface area (Å²) in [4.78, 5) is 94.7. The van der Waals surface area contributed by atoms with Crippen LogP contribution in [0.25, 0.3) is 0 Å². The molecule has 0 radical (unpaired) electrons. The van der Waals surface area contributed by atoms with Crippen molar-refractivity contribution in [1.29, 1.82) is 0 Å². The Hall–Kier alpha value is -7.59. The number of rotatable bonds is 24. The van der Waals surface area contributed by atoms with E-state index in [2.05, 4.69) is 101 Å². The maximum absolute atomic E-state index is 12.6. The lowest BCUT2D eigenvalue weighted by Crippen LogP contribution is -2.46. The Kier molecular flexibility index (Phi) is 36.0. The Labute approximate surface area is 496 Å². The number of carbonyl (C=O) groups excluding carboxylic acids is 7. The van der Waals surface area contributed by atoms with Crippen LogP contribution in [0.15, 0.2) is 98.2 Å². The van der Waals surface area contributed by atoms with Gasteiger partial charge in [-0.2, -0.15) is 4.33 Å². The molecule has 7 N–H and O–H groups in total. The van der Waals surface area contributed by atoms with Gasteiger partial charge in [0.05, 0.1) is 35.7 Å². The molecule has 7 aromatic heterocycles. The summed E-state index contributed by atoms with van der Waals surface area (Å²) in [6, 6.07) is 12.5. The number of aldehydes is 3. The van der Waals surface area contributed by atoms with Crippen molar-refractivity contribution in [3.8, 4) is 0 Å². The van der Waals surface area contributed by atoms with Gasteiger partial charge in [-0.25, -0.2) is 18.0 Å². The molecule has 462 valence electrons. The van der Waals surface area contributed by atoms with Gasteiger partial charge >= 0.3 is 11.9 Å². The number of H-pyrrole nitrogens is 7. The highest BCUT2D eigenvalue weighted by Gasteiger charge is 2.43. The molecule has 26 heteroatoms. The molecular weight excluding hydrogens is 1140 g/mol. The molecule has 23 nitrogen and oxygen atoms in total. The standard InChI is InChI=1S/C13H23NO4SSi.C9H13NO5S.C9H13NO2.C8H11NO.C7H7NO3.C7H11N.C5H5NO/c1-13(2,3)20(4,5)12(15)11-8-10(9-14-11)6-7-19(16,17)18;11-9(12)2-1-8-5-7(6-10-8)3-4-16-15-14-13;1-3-4-7-5-8(10-6-7)9(11)12-2;1-2-3-7-4-8(6-10)9-5-7;1-11-7(10)6-2-5(4-9)3-8-6;1-2-3-7-4-5-8-6-7;7-4-5-1-2-6-3-5/h8-9,14H,6-7H2,1-5H3,(H,16,17,18);5-6,10,13H,1-4H2,(H,11,12);5-6,10H,3-4H2,1-2H3;4-6,9H,2-3H2,1H3;2-4,8H,1H3;4-6,8H,2-3H2,1H3;1-4,6H/p-3. The second-order valence-electron chi connectivity index (χ2n) is 19.9. The molecule has 84 heavy (non-hydrogen) atoms. The molecule has 7 heterocycles. The molecule has 7 aromatic rings. The summed E-state index contributed by atoms with van der Waals surface area (Å²) in [6.07, 6.45) is 26.2. The summed E-state index contributed by atoms with van der Waals surface area (Å²) in [6.45, 7) is 16.6. The molecule has 0 amide bonds. The normalized spacial score (nSPS) is 10.6. The van der Waals surface area contributed by atoms with Gasteiger partial charge in [-0.3, -0.25) is 24.2 Å². The third-order valence-corrected chi connectivity index (χ3v) is 18.7. The Balaban J connectivity index is 0.000000503. The van der Waals surface area contributed by atoms with E-state index in [9.17, 15) is 56.9 Å². The molecular formula is C58H80N7O16S2Si-3. The summed E-state index contributed by atoms with van der Waals surface area (Å²) in [5, 5.41) is 23.0. The zero-order chi connectivity index (χ0) is 63.1. The van der Waals surface area contributed by atoms with Crippen LogP contribution in [0.2, 0.25) is 18.1 Å². The second kappa shape index (κ2) is 40.6. The topological polar surface area (TPSA) is 370 Å². The molecule has 0 atom stereocenters. The SMILES string of the molecule is CC(C)(C)[Si](C)(C)C(=O)c1cc(CCS(=O)(=O)[O-])c[nH]1.CCCc1c[nH]c(C(=O)OC)c1.CCCc1c[nH]c(C=O)c1.CCCc1cc[nH]c1.COC(=O)c1cc(C=O)c[nH]1.O=C([O-])CCc1cc(CCSOO[O-])c[nH]1.O=Cc1cc[nH]c1. The summed E-state index contributed by atoms with van der Waals surface area (Å²) in [7, 11) is -3.71. The van der Waals surface area contributed by atoms with Crippen LogP contribution in [0.1, 0.15) is 163 Å². The van der Waals surface area contributed by atoms with E-state index in [4.69, 9.17) is 0 Å². The zero-order valence-electron chi connectivity index (χ0n) is 49.3. The quantitative estimate of drug-likeness (QED) is 0.00436. The van der Waals surface area contributed by atoms with Crippen LogP contribution in [0.4, 0.5) is 0 Å². The number of aromatic amines is 7. The van der Waals surface area contributed by atoms with E-state index in [-0.39, 0.29) is 34.9 Å². The number of carboxylic acids is 1. The number of ether oxygens (including phenoxy) is 2. The monoisotopic (exact) mass is 1220 g/mol. The Morgan fingerprint density at radius 1 is 0.607 bits per heavy atom. The van der Waals surface area contributed by atoms with Crippen molar-refractivity contribution < 1.29 is 75.7 Å². The molecule has 7 rings (SSSR count). The fraction of sp³-hybridized carbons (Fsp3) is 0.397.